The van der Waals surface area contributed by atoms with Gasteiger partial charge in [-0.25, -0.2) is 0 Å². The van der Waals surface area contributed by atoms with E-state index in [2.05, 4.69) is 19.1 Å². The smallest absolute Gasteiger partial charge is 0.257 e. The number of hydrogen-bond acceptors (Lipinski definition) is 3. The van der Waals surface area contributed by atoms with E-state index in [4.69, 9.17) is 4.74 Å². The Hall–Kier alpha value is -2.66. The van der Waals surface area contributed by atoms with Crippen LogP contribution in [0.2, 0.25) is 0 Å². The molecule has 0 unspecified atom stereocenters. The number of aryl methyl sites for hydroxylation is 1. The van der Waals surface area contributed by atoms with Gasteiger partial charge in [0.2, 0.25) is 0 Å². The second-order valence-electron chi connectivity index (χ2n) is 8.39. The SMILES string of the molecule is Cc1ccccc1[C@@H]1CC[C@H]2OC3(CCN(C(=O)c4ccccc4)CC3)C(=O)N21. The predicted molar refractivity (Wildman–Crippen MR) is 109 cm³/mol. The van der Waals surface area contributed by atoms with Crippen molar-refractivity contribution in [2.24, 2.45) is 0 Å². The number of likely N-dealkylation sites (tertiary alicyclic amines) is 1. The quantitative estimate of drug-likeness (QED) is 0.786. The molecular formula is C24H26N2O3. The van der Waals surface area contributed by atoms with Crippen molar-refractivity contribution in [2.45, 2.75) is 50.5 Å². The van der Waals surface area contributed by atoms with Gasteiger partial charge in [-0.05, 0) is 43.0 Å². The Kier molecular flexibility index (Phi) is 4.43. The molecule has 0 bridgehead atoms. The standard InChI is InChI=1S/C24H26N2O3/c1-17-7-5-6-10-19(17)20-11-12-21-26(20)23(28)24(29-21)13-15-25(16-14-24)22(27)18-8-3-2-4-9-18/h2-10,20-21H,11-16H2,1H3/t20-,21+/m0/s1. The molecule has 0 aromatic heterocycles. The fourth-order valence-electron chi connectivity index (χ4n) is 5.15. The lowest BCUT2D eigenvalue weighted by molar-refractivity contribution is -0.142. The fraction of sp³-hybridized carbons (Fsp3) is 0.417. The molecule has 2 aromatic carbocycles. The number of amides is 2. The van der Waals surface area contributed by atoms with Crippen molar-refractivity contribution in [1.29, 1.82) is 0 Å². The van der Waals surface area contributed by atoms with Gasteiger partial charge in [-0.1, -0.05) is 42.5 Å². The second-order valence-corrected chi connectivity index (χ2v) is 8.39. The first-order valence-corrected chi connectivity index (χ1v) is 10.5. The van der Waals surface area contributed by atoms with Gasteiger partial charge >= 0.3 is 0 Å². The zero-order chi connectivity index (χ0) is 20.0. The predicted octanol–water partition coefficient (Wildman–Crippen LogP) is 3.69. The van der Waals surface area contributed by atoms with E-state index in [9.17, 15) is 9.59 Å². The number of benzene rings is 2. The van der Waals surface area contributed by atoms with Crippen LogP contribution in [0.3, 0.4) is 0 Å². The summed E-state index contributed by atoms with van der Waals surface area (Å²) in [5.41, 5.74) is 2.37. The van der Waals surface area contributed by atoms with Gasteiger partial charge in [0.05, 0.1) is 6.04 Å². The summed E-state index contributed by atoms with van der Waals surface area (Å²) in [5, 5.41) is 0. The molecular weight excluding hydrogens is 364 g/mol. The number of piperidine rings is 1. The maximum Gasteiger partial charge on any atom is 0.257 e. The molecule has 0 N–H and O–H groups in total. The van der Waals surface area contributed by atoms with Crippen molar-refractivity contribution in [3.63, 3.8) is 0 Å². The Morgan fingerprint density at radius 3 is 2.41 bits per heavy atom. The molecule has 3 aliphatic heterocycles. The van der Waals surface area contributed by atoms with E-state index in [1.165, 1.54) is 11.1 Å². The number of fused-ring (bicyclic) bond motifs is 1. The van der Waals surface area contributed by atoms with Crippen LogP contribution in [-0.4, -0.2) is 46.5 Å². The van der Waals surface area contributed by atoms with Gasteiger partial charge in [-0.15, -0.1) is 0 Å². The van der Waals surface area contributed by atoms with E-state index >= 15 is 0 Å². The number of ether oxygens (including phenoxy) is 1. The van der Waals surface area contributed by atoms with E-state index in [-0.39, 0.29) is 24.1 Å². The highest BCUT2D eigenvalue weighted by Gasteiger charge is 2.58. The minimum Gasteiger partial charge on any atom is -0.342 e. The molecule has 2 aromatic rings. The van der Waals surface area contributed by atoms with Gasteiger partial charge < -0.3 is 14.5 Å². The van der Waals surface area contributed by atoms with Crippen LogP contribution in [0.15, 0.2) is 54.6 Å². The first-order chi connectivity index (χ1) is 14.1. The number of carbonyl (C=O) groups excluding carboxylic acids is 2. The van der Waals surface area contributed by atoms with Crippen LogP contribution in [-0.2, 0) is 9.53 Å². The number of nitrogens with zero attached hydrogens (tertiary/aromatic N) is 2. The summed E-state index contributed by atoms with van der Waals surface area (Å²) in [6, 6.07) is 17.7. The van der Waals surface area contributed by atoms with Crippen molar-refractivity contribution < 1.29 is 14.3 Å². The third-order valence-electron chi connectivity index (χ3n) is 6.75. The Labute approximate surface area is 171 Å². The molecule has 5 nitrogen and oxygen atoms in total. The van der Waals surface area contributed by atoms with E-state index < -0.39 is 5.60 Å². The Bertz CT molecular complexity index is 934. The molecule has 3 saturated heterocycles. The van der Waals surface area contributed by atoms with Gasteiger partial charge in [0, 0.05) is 31.5 Å². The van der Waals surface area contributed by atoms with Crippen molar-refractivity contribution in [2.75, 3.05) is 13.1 Å². The van der Waals surface area contributed by atoms with E-state index in [1.54, 1.807) is 0 Å². The van der Waals surface area contributed by atoms with Gasteiger partial charge in [0.1, 0.15) is 6.23 Å². The molecule has 3 aliphatic rings. The highest BCUT2D eigenvalue weighted by molar-refractivity contribution is 5.95. The summed E-state index contributed by atoms with van der Waals surface area (Å²) in [7, 11) is 0. The van der Waals surface area contributed by atoms with Crippen LogP contribution in [0.25, 0.3) is 0 Å². The van der Waals surface area contributed by atoms with Crippen LogP contribution < -0.4 is 0 Å². The van der Waals surface area contributed by atoms with Crippen molar-refractivity contribution in [3.05, 3.63) is 71.3 Å². The minimum absolute atomic E-state index is 0.0317. The van der Waals surface area contributed by atoms with Crippen LogP contribution in [0.4, 0.5) is 0 Å². The minimum atomic E-state index is -0.764. The molecule has 0 radical (unpaired) electrons. The molecule has 2 amide bonds. The molecule has 2 atom stereocenters. The number of hydrogen-bond donors (Lipinski definition) is 0. The zero-order valence-corrected chi connectivity index (χ0v) is 16.7. The average Bonchev–Trinajstić information content (AvgIpc) is 3.27. The molecule has 150 valence electrons. The highest BCUT2D eigenvalue weighted by Crippen LogP contribution is 2.48. The van der Waals surface area contributed by atoms with Crippen molar-refractivity contribution in [1.82, 2.24) is 9.80 Å². The maximum absolute atomic E-state index is 13.5. The molecule has 5 rings (SSSR count). The topological polar surface area (TPSA) is 49.9 Å². The van der Waals surface area contributed by atoms with Crippen molar-refractivity contribution in [3.8, 4) is 0 Å². The van der Waals surface area contributed by atoms with Gasteiger partial charge in [0.25, 0.3) is 11.8 Å². The Morgan fingerprint density at radius 1 is 1.00 bits per heavy atom. The fourth-order valence-corrected chi connectivity index (χ4v) is 5.15. The normalized spacial score (nSPS) is 25.5. The van der Waals surface area contributed by atoms with Crippen LogP contribution in [0, 0.1) is 6.92 Å². The van der Waals surface area contributed by atoms with Crippen LogP contribution in [0.5, 0.6) is 0 Å². The molecule has 3 fully saturated rings. The largest absolute Gasteiger partial charge is 0.342 e. The summed E-state index contributed by atoms with van der Waals surface area (Å²) in [6.07, 6.45) is 2.81. The lowest BCUT2D eigenvalue weighted by Gasteiger charge is -2.37. The lowest BCUT2D eigenvalue weighted by atomic mass is 9.89. The highest BCUT2D eigenvalue weighted by atomic mass is 16.6. The molecule has 0 saturated carbocycles. The monoisotopic (exact) mass is 390 g/mol. The Balaban J connectivity index is 1.32. The average molecular weight is 390 g/mol. The molecule has 29 heavy (non-hydrogen) atoms. The van der Waals surface area contributed by atoms with E-state index in [1.807, 2.05) is 52.3 Å². The van der Waals surface area contributed by atoms with E-state index in [0.717, 1.165) is 12.8 Å². The number of rotatable bonds is 2. The molecule has 5 heteroatoms. The van der Waals surface area contributed by atoms with Gasteiger partial charge in [-0.2, -0.15) is 0 Å². The zero-order valence-electron chi connectivity index (χ0n) is 16.7. The van der Waals surface area contributed by atoms with Crippen molar-refractivity contribution >= 4 is 11.8 Å². The van der Waals surface area contributed by atoms with Gasteiger partial charge in [0.15, 0.2) is 5.60 Å². The summed E-state index contributed by atoms with van der Waals surface area (Å²) in [5.74, 6) is 0.143. The molecule has 3 heterocycles. The molecule has 1 spiro atoms. The third kappa shape index (κ3) is 2.96. The first kappa shape index (κ1) is 18.4. The van der Waals surface area contributed by atoms with E-state index in [0.29, 0.717) is 31.5 Å². The molecule has 0 aliphatic carbocycles. The summed E-state index contributed by atoms with van der Waals surface area (Å²) in [6.45, 7) is 3.21. The number of carbonyl (C=O) groups is 2. The van der Waals surface area contributed by atoms with Gasteiger partial charge in [-0.3, -0.25) is 9.59 Å². The maximum atomic E-state index is 13.5. The lowest BCUT2D eigenvalue weighted by Crippen LogP contribution is -2.51. The summed E-state index contributed by atoms with van der Waals surface area (Å²) >= 11 is 0. The second kappa shape index (κ2) is 6.99. The first-order valence-electron chi connectivity index (χ1n) is 10.5. The van der Waals surface area contributed by atoms with Crippen LogP contribution in [0.1, 0.15) is 53.2 Å². The Morgan fingerprint density at radius 2 is 1.69 bits per heavy atom. The summed E-state index contributed by atoms with van der Waals surface area (Å²) < 4.78 is 6.39. The third-order valence-corrected chi connectivity index (χ3v) is 6.75. The summed E-state index contributed by atoms with van der Waals surface area (Å²) in [4.78, 5) is 30.1. The van der Waals surface area contributed by atoms with Crippen LogP contribution >= 0.6 is 0 Å².